The van der Waals surface area contributed by atoms with Crippen LogP contribution >= 0.6 is 0 Å². The Morgan fingerprint density at radius 2 is 1.36 bits per heavy atom. The molecule has 0 aromatic rings. The van der Waals surface area contributed by atoms with Crippen LogP contribution in [0.25, 0.3) is 0 Å². The van der Waals surface area contributed by atoms with Gasteiger partial charge >= 0.3 is 0 Å². The fourth-order valence-electron chi connectivity index (χ4n) is 2.80. The SMILES string of the molecule is CC/C=C(\C)CC/C=C(\C)CC(C)/C=C(\C)CCC=C(C)C. The van der Waals surface area contributed by atoms with Crippen LogP contribution in [-0.2, 0) is 0 Å². The summed E-state index contributed by atoms with van der Waals surface area (Å²) in [5.74, 6) is 0.648. The first-order valence-corrected chi connectivity index (χ1v) is 8.97. The van der Waals surface area contributed by atoms with E-state index >= 15 is 0 Å². The number of rotatable bonds is 10. The van der Waals surface area contributed by atoms with Gasteiger partial charge in [0, 0.05) is 0 Å². The second-order valence-corrected chi connectivity index (χ2v) is 7.06. The number of hydrogen-bond donors (Lipinski definition) is 0. The molecule has 0 heterocycles. The van der Waals surface area contributed by atoms with Gasteiger partial charge in [-0.05, 0) is 79.1 Å². The molecule has 0 aliphatic rings. The summed E-state index contributed by atoms with van der Waals surface area (Å²) in [6.45, 7) is 15.7. The predicted molar refractivity (Wildman–Crippen MR) is 103 cm³/mol. The summed E-state index contributed by atoms with van der Waals surface area (Å²) in [5, 5.41) is 0. The van der Waals surface area contributed by atoms with Crippen molar-refractivity contribution in [3.05, 3.63) is 46.6 Å². The zero-order chi connectivity index (χ0) is 17.0. The standard InChI is InChI=1S/C22H38/c1-8-11-19(4)13-10-15-21(6)17-22(7)16-20(5)14-9-12-18(2)3/h11-12,15-16,22H,8-10,13-14,17H2,1-7H3/b19-11+,20-16+,21-15+. The Bertz CT molecular complexity index is 411. The second kappa shape index (κ2) is 12.5. The van der Waals surface area contributed by atoms with Gasteiger partial charge in [0.05, 0.1) is 0 Å². The van der Waals surface area contributed by atoms with Crippen molar-refractivity contribution in [1.82, 2.24) is 0 Å². The molecule has 0 rings (SSSR count). The molecule has 0 N–H and O–H groups in total. The smallest absolute Gasteiger partial charge is 0.0222 e. The summed E-state index contributed by atoms with van der Waals surface area (Å²) in [6, 6.07) is 0. The molecule has 0 fully saturated rings. The first-order valence-electron chi connectivity index (χ1n) is 8.97. The van der Waals surface area contributed by atoms with E-state index in [0.29, 0.717) is 5.92 Å². The van der Waals surface area contributed by atoms with Crippen molar-refractivity contribution in [2.75, 3.05) is 0 Å². The lowest BCUT2D eigenvalue weighted by atomic mass is 9.97. The molecular formula is C22H38. The van der Waals surface area contributed by atoms with Crippen LogP contribution in [0.4, 0.5) is 0 Å². The van der Waals surface area contributed by atoms with Crippen molar-refractivity contribution in [2.24, 2.45) is 5.92 Å². The van der Waals surface area contributed by atoms with Crippen LogP contribution < -0.4 is 0 Å². The van der Waals surface area contributed by atoms with Crippen molar-refractivity contribution in [3.63, 3.8) is 0 Å². The molecule has 126 valence electrons. The van der Waals surface area contributed by atoms with Crippen LogP contribution in [0.15, 0.2) is 46.6 Å². The average Bonchev–Trinajstić information content (AvgIpc) is 2.37. The highest BCUT2D eigenvalue weighted by Gasteiger charge is 2.01. The number of hydrogen-bond acceptors (Lipinski definition) is 0. The van der Waals surface area contributed by atoms with Gasteiger partial charge in [-0.15, -0.1) is 0 Å². The molecule has 0 heteroatoms. The molecule has 0 nitrogen and oxygen atoms in total. The molecule has 0 aromatic heterocycles. The third kappa shape index (κ3) is 12.7. The van der Waals surface area contributed by atoms with Crippen LogP contribution in [0.3, 0.4) is 0 Å². The van der Waals surface area contributed by atoms with Gasteiger partial charge in [-0.3, -0.25) is 0 Å². The van der Waals surface area contributed by atoms with Crippen LogP contribution in [0.2, 0.25) is 0 Å². The largest absolute Gasteiger partial charge is 0.0859 e. The highest BCUT2D eigenvalue weighted by molar-refractivity contribution is 5.08. The van der Waals surface area contributed by atoms with E-state index < -0.39 is 0 Å². The Labute approximate surface area is 140 Å². The van der Waals surface area contributed by atoms with E-state index in [1.165, 1.54) is 54.4 Å². The van der Waals surface area contributed by atoms with Crippen LogP contribution in [-0.4, -0.2) is 0 Å². The van der Waals surface area contributed by atoms with E-state index in [0.717, 1.165) is 6.42 Å². The molecular weight excluding hydrogens is 264 g/mol. The van der Waals surface area contributed by atoms with Crippen molar-refractivity contribution < 1.29 is 0 Å². The monoisotopic (exact) mass is 302 g/mol. The third-order valence-corrected chi connectivity index (χ3v) is 3.89. The van der Waals surface area contributed by atoms with Gasteiger partial charge in [0.1, 0.15) is 0 Å². The highest BCUT2D eigenvalue weighted by atomic mass is 14.1. The normalized spacial score (nSPS) is 15.0. The Kier molecular flexibility index (Phi) is 11.9. The molecule has 22 heavy (non-hydrogen) atoms. The molecule has 0 saturated carbocycles. The highest BCUT2D eigenvalue weighted by Crippen LogP contribution is 2.18. The third-order valence-electron chi connectivity index (χ3n) is 3.89. The van der Waals surface area contributed by atoms with Crippen LogP contribution in [0.5, 0.6) is 0 Å². The van der Waals surface area contributed by atoms with Gasteiger partial charge in [-0.1, -0.05) is 60.4 Å². The topological polar surface area (TPSA) is 0 Å². The maximum absolute atomic E-state index is 2.46. The molecule has 0 aliphatic carbocycles. The fraction of sp³-hybridized carbons (Fsp3) is 0.636. The molecule has 0 spiro atoms. The van der Waals surface area contributed by atoms with Crippen molar-refractivity contribution >= 4 is 0 Å². The summed E-state index contributed by atoms with van der Waals surface area (Å²) < 4.78 is 0. The van der Waals surface area contributed by atoms with E-state index in [4.69, 9.17) is 0 Å². The summed E-state index contributed by atoms with van der Waals surface area (Å²) in [4.78, 5) is 0. The number of allylic oxidation sites excluding steroid dienone is 8. The van der Waals surface area contributed by atoms with Gasteiger partial charge in [0.15, 0.2) is 0 Å². The lowest BCUT2D eigenvalue weighted by Gasteiger charge is -2.09. The van der Waals surface area contributed by atoms with Crippen LogP contribution in [0, 0.1) is 5.92 Å². The Balaban J connectivity index is 4.20. The molecule has 1 unspecified atom stereocenters. The summed E-state index contributed by atoms with van der Waals surface area (Å²) in [7, 11) is 0. The van der Waals surface area contributed by atoms with Crippen molar-refractivity contribution in [1.29, 1.82) is 0 Å². The fourth-order valence-corrected chi connectivity index (χ4v) is 2.80. The van der Waals surface area contributed by atoms with Gasteiger partial charge in [0.2, 0.25) is 0 Å². The van der Waals surface area contributed by atoms with Gasteiger partial charge < -0.3 is 0 Å². The Morgan fingerprint density at radius 3 is 1.95 bits per heavy atom. The lowest BCUT2D eigenvalue weighted by molar-refractivity contribution is 0.701. The minimum Gasteiger partial charge on any atom is -0.0859 e. The van der Waals surface area contributed by atoms with E-state index in [-0.39, 0.29) is 0 Å². The zero-order valence-electron chi connectivity index (χ0n) is 16.1. The molecule has 0 aliphatic heterocycles. The maximum atomic E-state index is 2.46. The molecule has 1 atom stereocenters. The van der Waals surface area contributed by atoms with Gasteiger partial charge in [0.25, 0.3) is 0 Å². The summed E-state index contributed by atoms with van der Waals surface area (Å²) in [5.41, 5.74) is 6.01. The molecule has 0 radical (unpaired) electrons. The van der Waals surface area contributed by atoms with Crippen molar-refractivity contribution in [3.8, 4) is 0 Å². The predicted octanol–water partition coefficient (Wildman–Crippen LogP) is 7.79. The summed E-state index contributed by atoms with van der Waals surface area (Å²) in [6.07, 6.45) is 16.7. The van der Waals surface area contributed by atoms with Crippen molar-refractivity contribution in [2.45, 2.75) is 87.0 Å². The van der Waals surface area contributed by atoms with E-state index in [1.807, 2.05) is 0 Å². The molecule has 0 bridgehead atoms. The van der Waals surface area contributed by atoms with Crippen LogP contribution in [0.1, 0.15) is 87.0 Å². The zero-order valence-corrected chi connectivity index (χ0v) is 16.1. The first-order chi connectivity index (χ1) is 10.3. The average molecular weight is 303 g/mol. The Hall–Kier alpha value is -1.04. The maximum Gasteiger partial charge on any atom is -0.0222 e. The minimum absolute atomic E-state index is 0.648. The molecule has 0 amide bonds. The minimum atomic E-state index is 0.648. The lowest BCUT2D eigenvalue weighted by Crippen LogP contribution is -1.93. The molecule has 0 saturated heterocycles. The second-order valence-electron chi connectivity index (χ2n) is 7.06. The first kappa shape index (κ1) is 21.0. The Morgan fingerprint density at radius 1 is 0.773 bits per heavy atom. The molecule has 0 aromatic carbocycles. The summed E-state index contributed by atoms with van der Waals surface area (Å²) >= 11 is 0. The van der Waals surface area contributed by atoms with Gasteiger partial charge in [-0.2, -0.15) is 0 Å². The van der Waals surface area contributed by atoms with E-state index in [9.17, 15) is 0 Å². The van der Waals surface area contributed by atoms with Gasteiger partial charge in [-0.25, -0.2) is 0 Å². The quantitative estimate of drug-likeness (QED) is 0.361. The van der Waals surface area contributed by atoms with E-state index in [1.54, 1.807) is 0 Å². The van der Waals surface area contributed by atoms with E-state index in [2.05, 4.69) is 72.8 Å².